The van der Waals surface area contributed by atoms with Gasteiger partial charge in [0.15, 0.2) is 5.78 Å². The van der Waals surface area contributed by atoms with Crippen LogP contribution in [0, 0.1) is 5.92 Å². The zero-order valence-corrected chi connectivity index (χ0v) is 8.53. The average Bonchev–Trinajstić information content (AvgIpc) is 2.73. The molecule has 0 amide bonds. The molecule has 1 saturated heterocycles. The molecule has 2 atom stereocenters. The number of nitrogens with zero attached hydrogens (tertiary/aromatic N) is 2. The van der Waals surface area contributed by atoms with Crippen LogP contribution < -0.4 is 5.32 Å². The van der Waals surface area contributed by atoms with E-state index in [1.807, 2.05) is 7.05 Å². The number of aromatic nitrogens is 2. The Balaban J connectivity index is 2.15. The Hall–Kier alpha value is -1.16. The molecule has 0 aliphatic carbocycles. The van der Waals surface area contributed by atoms with Crippen molar-refractivity contribution in [1.82, 2.24) is 15.1 Å². The van der Waals surface area contributed by atoms with E-state index in [1.54, 1.807) is 17.1 Å². The molecule has 0 saturated carbocycles. The summed E-state index contributed by atoms with van der Waals surface area (Å²) in [5.41, 5.74) is 0.730. The molecule has 2 rings (SSSR count). The van der Waals surface area contributed by atoms with Gasteiger partial charge in [-0.1, -0.05) is 0 Å². The van der Waals surface area contributed by atoms with Gasteiger partial charge >= 0.3 is 0 Å². The Morgan fingerprint density at radius 2 is 2.50 bits per heavy atom. The van der Waals surface area contributed by atoms with Gasteiger partial charge in [-0.15, -0.1) is 0 Å². The molecule has 1 aliphatic heterocycles. The molecule has 2 unspecified atom stereocenters. The fourth-order valence-electron chi connectivity index (χ4n) is 1.98. The van der Waals surface area contributed by atoms with E-state index in [2.05, 4.69) is 17.3 Å². The molecule has 1 aliphatic rings. The lowest BCUT2D eigenvalue weighted by molar-refractivity contribution is 0.0914. The van der Waals surface area contributed by atoms with Gasteiger partial charge < -0.3 is 5.32 Å². The number of Topliss-reactive ketones (excluding diaryl/α,β-unsaturated/α-hetero) is 1. The Kier molecular flexibility index (Phi) is 2.37. The van der Waals surface area contributed by atoms with Crippen molar-refractivity contribution in [2.24, 2.45) is 13.0 Å². The van der Waals surface area contributed by atoms with Crippen LogP contribution in [0.15, 0.2) is 12.4 Å². The van der Waals surface area contributed by atoms with Gasteiger partial charge in [-0.05, 0) is 19.9 Å². The number of carbonyl (C=O) groups excluding carboxylic acids is 1. The maximum atomic E-state index is 12.0. The predicted molar refractivity (Wildman–Crippen MR) is 53.1 cm³/mol. The van der Waals surface area contributed by atoms with Crippen LogP contribution in [-0.2, 0) is 7.05 Å². The number of nitrogens with one attached hydrogen (secondary N) is 1. The minimum atomic E-state index is 0.124. The third kappa shape index (κ3) is 1.57. The van der Waals surface area contributed by atoms with E-state index in [-0.39, 0.29) is 11.7 Å². The standard InChI is InChI=1S/C10H15N3O/c1-7-9(3-4-11-7)10(14)8-5-12-13(2)6-8/h5-7,9,11H,3-4H2,1-2H3. The third-order valence-electron chi connectivity index (χ3n) is 2.85. The van der Waals surface area contributed by atoms with E-state index in [4.69, 9.17) is 0 Å². The summed E-state index contributed by atoms with van der Waals surface area (Å²) < 4.78 is 1.67. The van der Waals surface area contributed by atoms with Gasteiger partial charge in [0, 0.05) is 25.2 Å². The Morgan fingerprint density at radius 3 is 3.00 bits per heavy atom. The highest BCUT2D eigenvalue weighted by atomic mass is 16.1. The number of hydrogen-bond donors (Lipinski definition) is 1. The number of aryl methyl sites for hydroxylation is 1. The summed E-state index contributed by atoms with van der Waals surface area (Å²) in [5.74, 6) is 0.342. The summed E-state index contributed by atoms with van der Waals surface area (Å²) >= 11 is 0. The Bertz CT molecular complexity index is 345. The van der Waals surface area contributed by atoms with Crippen molar-refractivity contribution in [3.8, 4) is 0 Å². The second-order valence-corrected chi connectivity index (χ2v) is 3.90. The van der Waals surface area contributed by atoms with E-state index in [0.717, 1.165) is 18.5 Å². The highest BCUT2D eigenvalue weighted by Gasteiger charge is 2.30. The number of hydrogen-bond acceptors (Lipinski definition) is 3. The van der Waals surface area contributed by atoms with E-state index in [1.165, 1.54) is 0 Å². The topological polar surface area (TPSA) is 46.9 Å². The number of rotatable bonds is 2. The van der Waals surface area contributed by atoms with Crippen molar-refractivity contribution in [3.05, 3.63) is 18.0 Å². The number of carbonyl (C=O) groups is 1. The van der Waals surface area contributed by atoms with Crippen LogP contribution in [0.3, 0.4) is 0 Å². The average molecular weight is 193 g/mol. The SMILES string of the molecule is CC1NCCC1C(=O)c1cnn(C)c1. The zero-order chi connectivity index (χ0) is 10.1. The van der Waals surface area contributed by atoms with Gasteiger partial charge in [0.2, 0.25) is 0 Å². The largest absolute Gasteiger partial charge is 0.313 e. The Morgan fingerprint density at radius 1 is 1.71 bits per heavy atom. The minimum absolute atomic E-state index is 0.124. The molecule has 0 aromatic carbocycles. The van der Waals surface area contributed by atoms with Crippen molar-refractivity contribution >= 4 is 5.78 Å². The highest BCUT2D eigenvalue weighted by Crippen LogP contribution is 2.20. The van der Waals surface area contributed by atoms with Crippen LogP contribution in [0.25, 0.3) is 0 Å². The maximum absolute atomic E-state index is 12.0. The van der Waals surface area contributed by atoms with Crippen molar-refractivity contribution < 1.29 is 4.79 Å². The van der Waals surface area contributed by atoms with E-state index >= 15 is 0 Å². The molecule has 1 aromatic rings. The van der Waals surface area contributed by atoms with Gasteiger partial charge in [0.05, 0.1) is 11.8 Å². The quantitative estimate of drug-likeness (QED) is 0.700. The molecule has 0 radical (unpaired) electrons. The molecule has 2 heterocycles. The van der Waals surface area contributed by atoms with Gasteiger partial charge in [-0.3, -0.25) is 9.48 Å². The van der Waals surface area contributed by atoms with Gasteiger partial charge in [0.1, 0.15) is 0 Å². The second-order valence-electron chi connectivity index (χ2n) is 3.90. The lowest BCUT2D eigenvalue weighted by atomic mass is 9.94. The first-order chi connectivity index (χ1) is 6.68. The highest BCUT2D eigenvalue weighted by molar-refractivity contribution is 5.98. The molecule has 1 aromatic heterocycles. The van der Waals surface area contributed by atoms with Crippen molar-refractivity contribution in [2.45, 2.75) is 19.4 Å². The summed E-state index contributed by atoms with van der Waals surface area (Å²) in [5, 5.41) is 7.29. The van der Waals surface area contributed by atoms with Gasteiger partial charge in [0.25, 0.3) is 0 Å². The van der Waals surface area contributed by atoms with Crippen molar-refractivity contribution in [1.29, 1.82) is 0 Å². The molecule has 4 nitrogen and oxygen atoms in total. The monoisotopic (exact) mass is 193 g/mol. The number of ketones is 1. The summed E-state index contributed by atoms with van der Waals surface area (Å²) in [6.07, 6.45) is 4.37. The third-order valence-corrected chi connectivity index (χ3v) is 2.85. The summed E-state index contributed by atoms with van der Waals surface area (Å²) in [6, 6.07) is 0.294. The van der Waals surface area contributed by atoms with Crippen LogP contribution in [0.2, 0.25) is 0 Å². The fourth-order valence-corrected chi connectivity index (χ4v) is 1.98. The fraction of sp³-hybridized carbons (Fsp3) is 0.600. The van der Waals surface area contributed by atoms with Crippen LogP contribution in [0.5, 0.6) is 0 Å². The van der Waals surface area contributed by atoms with Gasteiger partial charge in [-0.2, -0.15) is 5.10 Å². The smallest absolute Gasteiger partial charge is 0.170 e. The van der Waals surface area contributed by atoms with Crippen LogP contribution in [-0.4, -0.2) is 28.2 Å². The zero-order valence-electron chi connectivity index (χ0n) is 8.53. The minimum Gasteiger partial charge on any atom is -0.313 e. The summed E-state index contributed by atoms with van der Waals surface area (Å²) in [6.45, 7) is 3.00. The van der Waals surface area contributed by atoms with E-state index in [9.17, 15) is 4.79 Å². The molecule has 76 valence electrons. The molecular weight excluding hydrogens is 178 g/mol. The summed E-state index contributed by atoms with van der Waals surface area (Å²) in [7, 11) is 1.83. The molecule has 1 fully saturated rings. The molecule has 1 N–H and O–H groups in total. The Labute approximate surface area is 83.3 Å². The first-order valence-electron chi connectivity index (χ1n) is 4.94. The normalized spacial score (nSPS) is 26.7. The second kappa shape index (κ2) is 3.53. The van der Waals surface area contributed by atoms with Crippen LogP contribution in [0.4, 0.5) is 0 Å². The predicted octanol–water partition coefficient (Wildman–Crippen LogP) is 0.601. The first-order valence-corrected chi connectivity index (χ1v) is 4.94. The summed E-state index contributed by atoms with van der Waals surface area (Å²) in [4.78, 5) is 12.0. The molecule has 0 spiro atoms. The molecule has 14 heavy (non-hydrogen) atoms. The van der Waals surface area contributed by atoms with Gasteiger partial charge in [-0.25, -0.2) is 0 Å². The molecular formula is C10H15N3O. The lowest BCUT2D eigenvalue weighted by Gasteiger charge is -2.11. The van der Waals surface area contributed by atoms with E-state index in [0.29, 0.717) is 6.04 Å². The molecule has 0 bridgehead atoms. The lowest BCUT2D eigenvalue weighted by Crippen LogP contribution is -2.28. The van der Waals surface area contributed by atoms with Crippen LogP contribution >= 0.6 is 0 Å². The van der Waals surface area contributed by atoms with E-state index < -0.39 is 0 Å². The van der Waals surface area contributed by atoms with Crippen LogP contribution in [0.1, 0.15) is 23.7 Å². The molecule has 4 heteroatoms. The van der Waals surface area contributed by atoms with Crippen molar-refractivity contribution in [2.75, 3.05) is 6.54 Å². The maximum Gasteiger partial charge on any atom is 0.170 e. The van der Waals surface area contributed by atoms with Crippen molar-refractivity contribution in [3.63, 3.8) is 0 Å². The first kappa shape index (κ1) is 9.40.